The van der Waals surface area contributed by atoms with Gasteiger partial charge in [0.2, 0.25) is 0 Å². The Morgan fingerprint density at radius 1 is 1.53 bits per heavy atom. The summed E-state index contributed by atoms with van der Waals surface area (Å²) in [5.41, 5.74) is 0.847. The fourth-order valence-corrected chi connectivity index (χ4v) is 2.22. The molecule has 1 heterocycles. The average Bonchev–Trinajstić information content (AvgIpc) is 2.51. The van der Waals surface area contributed by atoms with Crippen molar-refractivity contribution < 1.29 is 9.50 Å². The molecule has 1 fully saturated rings. The second-order valence-corrected chi connectivity index (χ2v) is 4.61. The summed E-state index contributed by atoms with van der Waals surface area (Å²) < 4.78 is 13.2. The first kappa shape index (κ1) is 12.3. The summed E-state index contributed by atoms with van der Waals surface area (Å²) in [4.78, 5) is 2.08. The summed E-state index contributed by atoms with van der Waals surface area (Å²) in [6.07, 6.45) is 0.993. The quantitative estimate of drug-likeness (QED) is 0.817. The first-order valence-electron chi connectivity index (χ1n) is 6.07. The topological polar surface area (TPSA) is 35.5 Å². The van der Waals surface area contributed by atoms with Crippen molar-refractivity contribution in [3.8, 4) is 0 Å². The molecule has 3 nitrogen and oxygen atoms in total. The van der Waals surface area contributed by atoms with Gasteiger partial charge in [0.05, 0.1) is 12.6 Å². The van der Waals surface area contributed by atoms with Crippen LogP contribution in [-0.4, -0.2) is 36.9 Å². The minimum Gasteiger partial charge on any atom is -0.394 e. The number of aliphatic hydroxyl groups excluding tert-OH is 1. The largest absolute Gasteiger partial charge is 0.394 e. The van der Waals surface area contributed by atoms with Crippen LogP contribution in [0.3, 0.4) is 0 Å². The molecule has 1 aromatic rings. The SMILES string of the molecule is CC1CCN(c2cccc(F)c2)C(CO)CN1. The third kappa shape index (κ3) is 2.96. The smallest absolute Gasteiger partial charge is 0.125 e. The standard InChI is InChI=1S/C13H19FN2O/c1-10-5-6-16(13(9-17)8-15-10)12-4-2-3-11(14)7-12/h2-4,7,10,13,15,17H,5-6,8-9H2,1H3. The third-order valence-electron chi connectivity index (χ3n) is 3.30. The van der Waals surface area contributed by atoms with Crippen LogP contribution in [-0.2, 0) is 0 Å². The van der Waals surface area contributed by atoms with Crippen LogP contribution in [0.1, 0.15) is 13.3 Å². The maximum atomic E-state index is 13.2. The molecule has 0 aliphatic carbocycles. The molecule has 1 aromatic carbocycles. The van der Waals surface area contributed by atoms with Crippen molar-refractivity contribution in [1.29, 1.82) is 0 Å². The van der Waals surface area contributed by atoms with Gasteiger partial charge in [-0.3, -0.25) is 0 Å². The lowest BCUT2D eigenvalue weighted by atomic mass is 10.2. The van der Waals surface area contributed by atoms with Gasteiger partial charge in [0.15, 0.2) is 0 Å². The van der Waals surface area contributed by atoms with Crippen molar-refractivity contribution in [1.82, 2.24) is 5.32 Å². The van der Waals surface area contributed by atoms with Crippen LogP contribution in [0.15, 0.2) is 24.3 Å². The minimum atomic E-state index is -0.232. The van der Waals surface area contributed by atoms with Crippen LogP contribution in [0.25, 0.3) is 0 Å². The maximum Gasteiger partial charge on any atom is 0.125 e. The number of aliphatic hydroxyl groups is 1. The molecule has 2 unspecified atom stereocenters. The highest BCUT2D eigenvalue weighted by molar-refractivity contribution is 5.48. The van der Waals surface area contributed by atoms with Gasteiger partial charge >= 0.3 is 0 Å². The highest BCUT2D eigenvalue weighted by atomic mass is 19.1. The summed E-state index contributed by atoms with van der Waals surface area (Å²) in [5.74, 6) is -0.232. The predicted molar refractivity (Wildman–Crippen MR) is 66.7 cm³/mol. The summed E-state index contributed by atoms with van der Waals surface area (Å²) in [5, 5.41) is 12.8. The van der Waals surface area contributed by atoms with Crippen LogP contribution in [0, 0.1) is 5.82 Å². The van der Waals surface area contributed by atoms with E-state index in [0.717, 1.165) is 25.2 Å². The number of nitrogens with one attached hydrogen (secondary N) is 1. The van der Waals surface area contributed by atoms with Crippen molar-refractivity contribution >= 4 is 5.69 Å². The van der Waals surface area contributed by atoms with Gasteiger partial charge in [0, 0.05) is 24.8 Å². The zero-order chi connectivity index (χ0) is 12.3. The van der Waals surface area contributed by atoms with E-state index in [1.54, 1.807) is 6.07 Å². The van der Waals surface area contributed by atoms with E-state index in [2.05, 4.69) is 17.1 Å². The van der Waals surface area contributed by atoms with E-state index in [-0.39, 0.29) is 18.5 Å². The van der Waals surface area contributed by atoms with Gasteiger partial charge in [-0.1, -0.05) is 6.07 Å². The predicted octanol–water partition coefficient (Wildman–Crippen LogP) is 1.37. The second-order valence-electron chi connectivity index (χ2n) is 4.61. The van der Waals surface area contributed by atoms with Gasteiger partial charge in [-0.05, 0) is 31.5 Å². The van der Waals surface area contributed by atoms with Crippen LogP contribution in [0.5, 0.6) is 0 Å². The van der Waals surface area contributed by atoms with Crippen molar-refractivity contribution in [3.63, 3.8) is 0 Å². The monoisotopic (exact) mass is 238 g/mol. The van der Waals surface area contributed by atoms with Gasteiger partial charge in [-0.15, -0.1) is 0 Å². The van der Waals surface area contributed by atoms with Crippen molar-refractivity contribution in [3.05, 3.63) is 30.1 Å². The molecule has 4 heteroatoms. The van der Waals surface area contributed by atoms with E-state index in [0.29, 0.717) is 6.04 Å². The molecule has 0 spiro atoms. The van der Waals surface area contributed by atoms with E-state index in [1.807, 2.05) is 6.07 Å². The Hall–Kier alpha value is -1.13. The molecule has 0 aromatic heterocycles. The number of benzene rings is 1. The first-order valence-corrected chi connectivity index (χ1v) is 6.07. The molecule has 0 amide bonds. The van der Waals surface area contributed by atoms with Crippen LogP contribution < -0.4 is 10.2 Å². The Kier molecular flexibility index (Phi) is 3.97. The number of halogens is 1. The number of hydrogen-bond donors (Lipinski definition) is 2. The van der Waals surface area contributed by atoms with Crippen molar-refractivity contribution in [2.45, 2.75) is 25.4 Å². The Balaban J connectivity index is 2.21. The van der Waals surface area contributed by atoms with E-state index >= 15 is 0 Å². The Morgan fingerprint density at radius 3 is 3.06 bits per heavy atom. The van der Waals surface area contributed by atoms with E-state index in [1.165, 1.54) is 12.1 Å². The van der Waals surface area contributed by atoms with Crippen molar-refractivity contribution in [2.24, 2.45) is 0 Å². The minimum absolute atomic E-state index is 0.0155. The molecule has 2 atom stereocenters. The molecular formula is C13H19FN2O. The van der Waals surface area contributed by atoms with Gasteiger partial charge in [-0.25, -0.2) is 4.39 Å². The summed E-state index contributed by atoms with van der Waals surface area (Å²) in [6, 6.07) is 7.02. The molecule has 0 saturated carbocycles. The lowest BCUT2D eigenvalue weighted by molar-refractivity contribution is 0.259. The molecule has 1 aliphatic heterocycles. The zero-order valence-electron chi connectivity index (χ0n) is 10.1. The van der Waals surface area contributed by atoms with E-state index in [9.17, 15) is 9.50 Å². The first-order chi connectivity index (χ1) is 8.20. The molecule has 2 N–H and O–H groups in total. The number of hydrogen-bond acceptors (Lipinski definition) is 3. The number of anilines is 1. The molecule has 17 heavy (non-hydrogen) atoms. The van der Waals surface area contributed by atoms with Crippen LogP contribution in [0.2, 0.25) is 0 Å². The summed E-state index contributed by atoms with van der Waals surface area (Å²) >= 11 is 0. The highest BCUT2D eigenvalue weighted by Gasteiger charge is 2.22. The van der Waals surface area contributed by atoms with Gasteiger partial charge in [0.1, 0.15) is 5.82 Å². The van der Waals surface area contributed by atoms with Crippen LogP contribution >= 0.6 is 0 Å². The van der Waals surface area contributed by atoms with Crippen LogP contribution in [0.4, 0.5) is 10.1 Å². The molecule has 2 rings (SSSR count). The summed E-state index contributed by atoms with van der Waals surface area (Å²) in [6.45, 7) is 3.77. The highest BCUT2D eigenvalue weighted by Crippen LogP contribution is 2.20. The average molecular weight is 238 g/mol. The van der Waals surface area contributed by atoms with E-state index in [4.69, 9.17) is 0 Å². The Labute approximate surface area is 101 Å². The molecule has 94 valence electrons. The fourth-order valence-electron chi connectivity index (χ4n) is 2.22. The zero-order valence-corrected chi connectivity index (χ0v) is 10.1. The molecular weight excluding hydrogens is 219 g/mol. The molecule has 1 saturated heterocycles. The number of nitrogens with zero attached hydrogens (tertiary/aromatic N) is 1. The van der Waals surface area contributed by atoms with Gasteiger partial charge in [-0.2, -0.15) is 0 Å². The van der Waals surface area contributed by atoms with E-state index < -0.39 is 0 Å². The molecule has 1 aliphatic rings. The molecule has 0 radical (unpaired) electrons. The lowest BCUT2D eigenvalue weighted by Crippen LogP contribution is -2.42. The lowest BCUT2D eigenvalue weighted by Gasteiger charge is -2.30. The number of rotatable bonds is 2. The van der Waals surface area contributed by atoms with Gasteiger partial charge < -0.3 is 15.3 Å². The fraction of sp³-hybridized carbons (Fsp3) is 0.538. The second kappa shape index (κ2) is 5.47. The Morgan fingerprint density at radius 2 is 2.35 bits per heavy atom. The van der Waals surface area contributed by atoms with Gasteiger partial charge in [0.25, 0.3) is 0 Å². The maximum absolute atomic E-state index is 13.2. The van der Waals surface area contributed by atoms with Crippen molar-refractivity contribution in [2.75, 3.05) is 24.6 Å². The summed E-state index contributed by atoms with van der Waals surface area (Å²) in [7, 11) is 0. The normalized spacial score (nSPS) is 25.7. The Bertz CT molecular complexity index is 372. The third-order valence-corrected chi connectivity index (χ3v) is 3.30. The molecule has 0 bridgehead atoms.